The molecule has 0 saturated carbocycles. The van der Waals surface area contributed by atoms with Gasteiger partial charge in [-0.25, -0.2) is 19.5 Å². The number of rotatable bonds is 3. The van der Waals surface area contributed by atoms with Crippen molar-refractivity contribution < 1.29 is 38.6 Å². The number of anilines is 1. The molecule has 2 aliphatic rings. The molecule has 4 aromatic rings. The number of phosphoric acid groups is 1. The average molecular weight is 595 g/mol. The van der Waals surface area contributed by atoms with Crippen LogP contribution in [-0.2, 0) is 18.3 Å². The Morgan fingerprint density at radius 1 is 1.10 bits per heavy atom. The van der Waals surface area contributed by atoms with Crippen LogP contribution in [0.3, 0.4) is 0 Å². The summed E-state index contributed by atoms with van der Waals surface area (Å²) in [6.07, 6.45) is -4.08. The van der Waals surface area contributed by atoms with E-state index in [1.807, 2.05) is 0 Å². The molecule has 41 heavy (non-hydrogen) atoms. The number of fused-ring (bicyclic) bond motifs is 3. The highest BCUT2D eigenvalue weighted by molar-refractivity contribution is 7.47. The van der Waals surface area contributed by atoms with Crippen LogP contribution >= 0.6 is 7.82 Å². The van der Waals surface area contributed by atoms with E-state index >= 15 is 0 Å². The van der Waals surface area contributed by atoms with Gasteiger partial charge in [-0.3, -0.25) is 32.8 Å². The second-order valence-corrected chi connectivity index (χ2v) is 11.2. The Kier molecular flexibility index (Phi) is 6.99. The second-order valence-electron chi connectivity index (χ2n) is 9.80. The van der Waals surface area contributed by atoms with Crippen molar-refractivity contribution in [2.45, 2.75) is 56.1 Å². The molecule has 20 heteroatoms. The summed E-state index contributed by atoms with van der Waals surface area (Å²) in [4.78, 5) is 55.4. The Bertz CT molecular complexity index is 1750. The zero-order chi connectivity index (χ0) is 29.1. The van der Waals surface area contributed by atoms with Crippen LogP contribution in [0.5, 0.6) is 0 Å². The number of phosphoric ester groups is 1. The second kappa shape index (κ2) is 10.4. The predicted molar refractivity (Wildman–Crippen MR) is 136 cm³/mol. The standard InChI is InChI=1S/C21H26N9O10P/c22-21-27-16-12(18(34)28-21)25-6-29(16)19(35)14-9(31)3-1-2-8-10(4-38-41(36,37)40-14)39-20(13(8)32)30-7-26-11-15(30)23-5-24-17(11)33/h5-10,13-14,19-20,31-32,35H,1-4H2,(H,36,37)(H,23,24,33)(H3,22,27,28,34)/t8-,9?,10-,13-,14-,19-,20-/m1/s1. The van der Waals surface area contributed by atoms with Crippen LogP contribution in [0.4, 0.5) is 5.95 Å². The Morgan fingerprint density at radius 2 is 1.85 bits per heavy atom. The SMILES string of the molecule is Nc1nc2c(ncn2[C@H](O)[C@@H]2OP(=O)(O)OC[C@H]3O[C@@H](n4cnc5c(=O)[nH]cnc54)[C@H](O)[C@@H]3CCCC2O)c(=O)[nH]1. The van der Waals surface area contributed by atoms with Gasteiger partial charge in [0, 0.05) is 5.92 Å². The summed E-state index contributed by atoms with van der Waals surface area (Å²) in [5.41, 5.74) is 4.37. The average Bonchev–Trinajstić information content (AvgIpc) is 3.62. The van der Waals surface area contributed by atoms with Crippen molar-refractivity contribution in [1.29, 1.82) is 0 Å². The van der Waals surface area contributed by atoms with Gasteiger partial charge in [-0.1, -0.05) is 6.42 Å². The molecule has 2 aliphatic heterocycles. The van der Waals surface area contributed by atoms with Gasteiger partial charge in [-0.15, -0.1) is 0 Å². The lowest BCUT2D eigenvalue weighted by atomic mass is 9.91. The quantitative estimate of drug-likeness (QED) is 0.129. The third-order valence-corrected chi connectivity index (χ3v) is 8.25. The van der Waals surface area contributed by atoms with Crippen molar-refractivity contribution in [3.63, 3.8) is 0 Å². The molecule has 220 valence electrons. The van der Waals surface area contributed by atoms with Gasteiger partial charge in [0.2, 0.25) is 5.95 Å². The highest BCUT2D eigenvalue weighted by Gasteiger charge is 2.47. The Hall–Kier alpha value is -3.55. The molecule has 2 unspecified atom stereocenters. The topological polar surface area (TPSA) is 279 Å². The minimum atomic E-state index is -4.95. The minimum Gasteiger partial charge on any atom is -0.390 e. The molecule has 0 amide bonds. The number of hydrogen-bond acceptors (Lipinski definition) is 14. The molecule has 2 saturated heterocycles. The number of aromatic nitrogens is 8. The number of aliphatic hydroxyl groups is 3. The maximum atomic E-state index is 13.0. The van der Waals surface area contributed by atoms with Crippen LogP contribution < -0.4 is 16.9 Å². The maximum absolute atomic E-state index is 13.0. The van der Waals surface area contributed by atoms with Crippen molar-refractivity contribution in [3.05, 3.63) is 39.7 Å². The number of nitrogens with zero attached hydrogens (tertiary/aromatic N) is 6. The molecular weight excluding hydrogens is 569 g/mol. The van der Waals surface area contributed by atoms with E-state index in [0.29, 0.717) is 0 Å². The third kappa shape index (κ3) is 4.95. The number of nitrogen functional groups attached to an aromatic ring is 1. The highest BCUT2D eigenvalue weighted by atomic mass is 31.2. The number of aromatic amines is 2. The Balaban J connectivity index is 1.25. The molecule has 6 heterocycles. The van der Waals surface area contributed by atoms with Crippen molar-refractivity contribution in [1.82, 2.24) is 39.0 Å². The van der Waals surface area contributed by atoms with E-state index in [2.05, 4.69) is 29.9 Å². The summed E-state index contributed by atoms with van der Waals surface area (Å²) >= 11 is 0. The van der Waals surface area contributed by atoms with E-state index in [-0.39, 0.29) is 47.5 Å². The molecule has 0 spiro atoms. The predicted octanol–water partition coefficient (Wildman–Crippen LogP) is -1.75. The number of ether oxygens (including phenoxy) is 1. The number of imidazole rings is 2. The van der Waals surface area contributed by atoms with Gasteiger partial charge in [0.1, 0.15) is 12.2 Å². The molecule has 19 nitrogen and oxygen atoms in total. The van der Waals surface area contributed by atoms with Gasteiger partial charge in [-0.05, 0) is 12.8 Å². The first-order chi connectivity index (χ1) is 19.5. The third-order valence-electron chi connectivity index (χ3n) is 7.26. The maximum Gasteiger partial charge on any atom is 0.472 e. The summed E-state index contributed by atoms with van der Waals surface area (Å²) in [7, 11) is -4.95. The summed E-state index contributed by atoms with van der Waals surface area (Å²) in [5.74, 6) is -0.879. The van der Waals surface area contributed by atoms with E-state index in [4.69, 9.17) is 19.5 Å². The number of hydrogen-bond donors (Lipinski definition) is 7. The van der Waals surface area contributed by atoms with Crippen LogP contribution in [0.15, 0.2) is 28.6 Å². The molecular formula is C21H26N9O10P. The smallest absolute Gasteiger partial charge is 0.390 e. The normalized spacial score (nSPS) is 32.1. The Labute approximate surface area is 228 Å². The van der Waals surface area contributed by atoms with Crippen LogP contribution in [0, 0.1) is 5.92 Å². The first-order valence-electron chi connectivity index (χ1n) is 12.5. The van der Waals surface area contributed by atoms with Crippen LogP contribution in [0.1, 0.15) is 31.7 Å². The van der Waals surface area contributed by atoms with Crippen molar-refractivity contribution in [2.24, 2.45) is 5.92 Å². The number of aliphatic hydroxyl groups excluding tert-OH is 3. The fraction of sp³-hybridized carbons (Fsp3) is 0.524. The molecule has 6 rings (SSSR count). The molecule has 8 N–H and O–H groups in total. The van der Waals surface area contributed by atoms with Crippen LogP contribution in [0.25, 0.3) is 22.3 Å². The zero-order valence-electron chi connectivity index (χ0n) is 21.0. The summed E-state index contributed by atoms with van der Waals surface area (Å²) in [6, 6.07) is 0. The van der Waals surface area contributed by atoms with Crippen LogP contribution in [-0.4, -0.2) is 90.3 Å². The monoisotopic (exact) mass is 595 g/mol. The largest absolute Gasteiger partial charge is 0.472 e. The van der Waals surface area contributed by atoms with E-state index in [1.165, 1.54) is 17.2 Å². The van der Waals surface area contributed by atoms with Gasteiger partial charge in [0.15, 0.2) is 34.8 Å². The van der Waals surface area contributed by atoms with Gasteiger partial charge in [0.25, 0.3) is 11.1 Å². The Morgan fingerprint density at radius 3 is 2.66 bits per heavy atom. The fourth-order valence-electron chi connectivity index (χ4n) is 5.29. The molecule has 0 aromatic carbocycles. The van der Waals surface area contributed by atoms with Gasteiger partial charge in [0.05, 0.1) is 37.8 Å². The van der Waals surface area contributed by atoms with Gasteiger partial charge < -0.3 is 35.7 Å². The van der Waals surface area contributed by atoms with Crippen LogP contribution in [0.2, 0.25) is 0 Å². The molecule has 0 bridgehead atoms. The lowest BCUT2D eigenvalue weighted by molar-refractivity contribution is -0.0933. The molecule has 2 fully saturated rings. The van der Waals surface area contributed by atoms with Gasteiger partial charge >= 0.3 is 7.82 Å². The van der Waals surface area contributed by atoms with Crippen molar-refractivity contribution in [3.8, 4) is 0 Å². The molecule has 4 aromatic heterocycles. The minimum absolute atomic E-state index is 0.0317. The fourth-order valence-corrected chi connectivity index (χ4v) is 6.24. The zero-order valence-corrected chi connectivity index (χ0v) is 21.9. The van der Waals surface area contributed by atoms with Crippen molar-refractivity contribution in [2.75, 3.05) is 12.3 Å². The number of H-pyrrole nitrogens is 2. The summed E-state index contributed by atoms with van der Waals surface area (Å²) in [6.45, 7) is -0.493. The van der Waals surface area contributed by atoms with E-state index in [1.54, 1.807) is 0 Å². The molecule has 8 atom stereocenters. The first-order valence-corrected chi connectivity index (χ1v) is 14.0. The van der Waals surface area contributed by atoms with E-state index < -0.39 is 68.3 Å². The number of nitrogens with two attached hydrogens (primary N) is 1. The van der Waals surface area contributed by atoms with E-state index in [9.17, 15) is 34.4 Å². The van der Waals surface area contributed by atoms with Gasteiger partial charge in [-0.2, -0.15) is 4.98 Å². The van der Waals surface area contributed by atoms with Crippen molar-refractivity contribution >= 4 is 36.1 Å². The lowest BCUT2D eigenvalue weighted by Crippen LogP contribution is -2.37. The first kappa shape index (κ1) is 27.6. The number of nitrogens with one attached hydrogen (secondary N) is 2. The lowest BCUT2D eigenvalue weighted by Gasteiger charge is -2.29. The molecule has 0 radical (unpaired) electrons. The summed E-state index contributed by atoms with van der Waals surface area (Å²) in [5, 5.41) is 33.2. The highest BCUT2D eigenvalue weighted by Crippen LogP contribution is 2.49. The van der Waals surface area contributed by atoms with E-state index in [0.717, 1.165) is 10.9 Å². The summed E-state index contributed by atoms with van der Waals surface area (Å²) < 4.78 is 31.8. The molecule has 0 aliphatic carbocycles.